The molecule has 0 aromatic carbocycles. The van der Waals surface area contributed by atoms with Crippen LogP contribution >= 0.6 is 11.6 Å². The second-order valence-electron chi connectivity index (χ2n) is 2.64. The maximum atomic E-state index is 10.7. The molecule has 60 valence electrons. The first-order valence-corrected chi connectivity index (χ1v) is 3.78. The van der Waals surface area contributed by atoms with Gasteiger partial charge in [-0.2, -0.15) is 0 Å². The van der Waals surface area contributed by atoms with Gasteiger partial charge in [-0.3, -0.25) is 4.79 Å². The van der Waals surface area contributed by atoms with Crippen molar-refractivity contribution in [2.24, 2.45) is 5.92 Å². The van der Waals surface area contributed by atoms with Crippen LogP contribution in [-0.4, -0.2) is 18.0 Å². The summed E-state index contributed by atoms with van der Waals surface area (Å²) in [6.07, 6.45) is 0. The summed E-state index contributed by atoms with van der Waals surface area (Å²) >= 11 is 5.44. The van der Waals surface area contributed by atoms with Crippen LogP contribution in [0.2, 0.25) is 0 Å². The van der Waals surface area contributed by atoms with Gasteiger partial charge in [-0.15, -0.1) is 11.6 Å². The number of ether oxygens (including phenoxy) is 1. The molecule has 0 aromatic heterocycles. The molecule has 0 saturated heterocycles. The number of hydrogen-bond donors (Lipinski definition) is 0. The van der Waals surface area contributed by atoms with Crippen LogP contribution in [0.15, 0.2) is 0 Å². The van der Waals surface area contributed by atoms with Crippen molar-refractivity contribution in [3.05, 3.63) is 0 Å². The molecule has 1 atom stereocenters. The van der Waals surface area contributed by atoms with Crippen LogP contribution in [0, 0.1) is 5.92 Å². The molecule has 0 aliphatic carbocycles. The van der Waals surface area contributed by atoms with E-state index >= 15 is 0 Å². The minimum atomic E-state index is -0.529. The Morgan fingerprint density at radius 3 is 2.30 bits per heavy atom. The van der Waals surface area contributed by atoms with Crippen LogP contribution in [0.4, 0.5) is 0 Å². The topological polar surface area (TPSA) is 26.3 Å². The highest BCUT2D eigenvalue weighted by molar-refractivity contribution is 6.29. The standard InChI is InChI=1S/C7H13ClO2/c1-5(2)4-10-7(9)6(3)8/h5-6H,4H2,1-3H3. The maximum absolute atomic E-state index is 10.7. The summed E-state index contributed by atoms with van der Waals surface area (Å²) in [5, 5.41) is -0.529. The zero-order valence-corrected chi connectivity index (χ0v) is 7.31. The zero-order valence-electron chi connectivity index (χ0n) is 6.56. The van der Waals surface area contributed by atoms with Crippen LogP contribution < -0.4 is 0 Å². The Bertz CT molecular complexity index is 110. The summed E-state index contributed by atoms with van der Waals surface area (Å²) in [6.45, 7) is 6.01. The van der Waals surface area contributed by atoms with E-state index in [0.717, 1.165) is 0 Å². The summed E-state index contributed by atoms with van der Waals surface area (Å²) in [5.74, 6) is 0.0368. The largest absolute Gasteiger partial charge is 0.464 e. The molecular weight excluding hydrogens is 152 g/mol. The van der Waals surface area contributed by atoms with E-state index in [2.05, 4.69) is 0 Å². The molecule has 0 aromatic rings. The van der Waals surface area contributed by atoms with Crippen molar-refractivity contribution in [1.29, 1.82) is 0 Å². The third-order valence-electron chi connectivity index (χ3n) is 0.884. The Hall–Kier alpha value is -0.240. The second-order valence-corrected chi connectivity index (χ2v) is 3.29. The quantitative estimate of drug-likeness (QED) is 0.470. The minimum Gasteiger partial charge on any atom is -0.464 e. The molecule has 0 radical (unpaired) electrons. The first-order chi connectivity index (χ1) is 4.54. The number of halogens is 1. The normalized spacial score (nSPS) is 13.3. The van der Waals surface area contributed by atoms with Gasteiger partial charge < -0.3 is 4.74 Å². The van der Waals surface area contributed by atoms with Crippen molar-refractivity contribution in [3.63, 3.8) is 0 Å². The first-order valence-electron chi connectivity index (χ1n) is 3.34. The minimum absolute atomic E-state index is 0.338. The summed E-state index contributed by atoms with van der Waals surface area (Å²) in [7, 11) is 0. The molecule has 0 fully saturated rings. The van der Waals surface area contributed by atoms with E-state index in [1.807, 2.05) is 13.8 Å². The Morgan fingerprint density at radius 2 is 2.00 bits per heavy atom. The molecule has 0 amide bonds. The third kappa shape index (κ3) is 4.62. The smallest absolute Gasteiger partial charge is 0.323 e. The van der Waals surface area contributed by atoms with Gasteiger partial charge in [0, 0.05) is 0 Å². The molecule has 3 heteroatoms. The molecule has 0 saturated carbocycles. The van der Waals surface area contributed by atoms with E-state index in [1.165, 1.54) is 0 Å². The number of carbonyl (C=O) groups excluding carboxylic acids is 1. The maximum Gasteiger partial charge on any atom is 0.323 e. The van der Waals surface area contributed by atoms with Crippen molar-refractivity contribution in [2.45, 2.75) is 26.1 Å². The van der Waals surface area contributed by atoms with Gasteiger partial charge >= 0.3 is 5.97 Å². The van der Waals surface area contributed by atoms with Crippen LogP contribution in [0.5, 0.6) is 0 Å². The molecule has 0 aliphatic heterocycles. The lowest BCUT2D eigenvalue weighted by Gasteiger charge is -2.07. The summed E-state index contributed by atoms with van der Waals surface area (Å²) < 4.78 is 4.79. The monoisotopic (exact) mass is 164 g/mol. The molecule has 0 rings (SSSR count). The fourth-order valence-electron chi connectivity index (χ4n) is 0.364. The van der Waals surface area contributed by atoms with E-state index < -0.39 is 5.38 Å². The molecule has 0 spiro atoms. The van der Waals surface area contributed by atoms with Crippen LogP contribution in [0.25, 0.3) is 0 Å². The summed E-state index contributed by atoms with van der Waals surface area (Å²) in [5.41, 5.74) is 0. The molecule has 0 heterocycles. The lowest BCUT2D eigenvalue weighted by Crippen LogP contribution is -2.17. The number of alkyl halides is 1. The highest BCUT2D eigenvalue weighted by atomic mass is 35.5. The van der Waals surface area contributed by atoms with Crippen molar-refractivity contribution in [3.8, 4) is 0 Å². The van der Waals surface area contributed by atoms with Crippen LogP contribution in [0.3, 0.4) is 0 Å². The van der Waals surface area contributed by atoms with Crippen molar-refractivity contribution < 1.29 is 9.53 Å². The molecule has 0 aliphatic rings. The van der Waals surface area contributed by atoms with Crippen LogP contribution in [-0.2, 0) is 9.53 Å². The molecule has 0 bridgehead atoms. The van der Waals surface area contributed by atoms with Gasteiger partial charge in [0.05, 0.1) is 6.61 Å². The van der Waals surface area contributed by atoms with Crippen molar-refractivity contribution >= 4 is 17.6 Å². The van der Waals surface area contributed by atoms with Gasteiger partial charge in [0.15, 0.2) is 0 Å². The Balaban J connectivity index is 3.40. The third-order valence-corrected chi connectivity index (χ3v) is 1.06. The van der Waals surface area contributed by atoms with E-state index in [4.69, 9.17) is 16.3 Å². The van der Waals surface area contributed by atoms with E-state index in [-0.39, 0.29) is 5.97 Å². The highest BCUT2D eigenvalue weighted by Crippen LogP contribution is 1.99. The van der Waals surface area contributed by atoms with Gasteiger partial charge in [0.2, 0.25) is 0 Å². The summed E-state index contributed by atoms with van der Waals surface area (Å²) in [6, 6.07) is 0. The van der Waals surface area contributed by atoms with E-state index in [0.29, 0.717) is 12.5 Å². The van der Waals surface area contributed by atoms with Gasteiger partial charge in [0.25, 0.3) is 0 Å². The fourth-order valence-corrected chi connectivity index (χ4v) is 0.427. The first kappa shape index (κ1) is 9.76. The van der Waals surface area contributed by atoms with E-state index in [9.17, 15) is 4.79 Å². The SMILES string of the molecule is CC(C)COC(=O)C(C)Cl. The van der Waals surface area contributed by atoms with Crippen molar-refractivity contribution in [1.82, 2.24) is 0 Å². The Morgan fingerprint density at radius 1 is 1.50 bits per heavy atom. The number of esters is 1. The number of rotatable bonds is 3. The number of hydrogen-bond acceptors (Lipinski definition) is 2. The molecule has 0 N–H and O–H groups in total. The summed E-state index contributed by atoms with van der Waals surface area (Å²) in [4.78, 5) is 10.7. The van der Waals surface area contributed by atoms with Crippen molar-refractivity contribution in [2.75, 3.05) is 6.61 Å². The zero-order chi connectivity index (χ0) is 8.15. The lowest BCUT2D eigenvalue weighted by atomic mass is 10.2. The van der Waals surface area contributed by atoms with Gasteiger partial charge in [-0.1, -0.05) is 13.8 Å². The second kappa shape index (κ2) is 4.56. The highest BCUT2D eigenvalue weighted by Gasteiger charge is 2.10. The average molecular weight is 165 g/mol. The van der Waals surface area contributed by atoms with E-state index in [1.54, 1.807) is 6.92 Å². The molecule has 2 nitrogen and oxygen atoms in total. The van der Waals surface area contributed by atoms with Gasteiger partial charge in [-0.05, 0) is 12.8 Å². The van der Waals surface area contributed by atoms with Gasteiger partial charge in [0.1, 0.15) is 5.38 Å². The fraction of sp³-hybridized carbons (Fsp3) is 0.857. The predicted octanol–water partition coefficient (Wildman–Crippen LogP) is 1.81. The number of carbonyl (C=O) groups is 1. The molecule has 1 unspecified atom stereocenters. The predicted molar refractivity (Wildman–Crippen MR) is 41.1 cm³/mol. The average Bonchev–Trinajstić information content (AvgIpc) is 1.82. The van der Waals surface area contributed by atoms with Crippen LogP contribution in [0.1, 0.15) is 20.8 Å². The van der Waals surface area contributed by atoms with Gasteiger partial charge in [-0.25, -0.2) is 0 Å². The Kier molecular flexibility index (Phi) is 4.45. The molecular formula is C7H13ClO2. The lowest BCUT2D eigenvalue weighted by molar-refractivity contribution is -0.143. The Labute approximate surface area is 66.5 Å². The molecule has 10 heavy (non-hydrogen) atoms.